The predicted octanol–water partition coefficient (Wildman–Crippen LogP) is 1.33. The van der Waals surface area contributed by atoms with Crippen molar-refractivity contribution in [3.8, 4) is 0 Å². The van der Waals surface area contributed by atoms with Crippen LogP contribution in [0.25, 0.3) is 11.0 Å². The molecule has 3 aliphatic heterocycles. The second-order valence-corrected chi connectivity index (χ2v) is 7.86. The molecule has 7 heteroatoms. The number of rotatable bonds is 2. The topological polar surface area (TPSA) is 53.8 Å². The molecule has 0 saturated carbocycles. The Morgan fingerprint density at radius 2 is 2.00 bits per heavy atom. The van der Waals surface area contributed by atoms with Crippen LogP contribution in [0.2, 0.25) is 0 Å². The Morgan fingerprint density at radius 1 is 1.15 bits per heavy atom. The fraction of sp³-hybridized carbons (Fsp3) is 0.600. The van der Waals surface area contributed by atoms with Crippen molar-refractivity contribution in [3.05, 3.63) is 23.8 Å². The first kappa shape index (κ1) is 17.0. The molecule has 3 aliphatic rings. The zero-order valence-electron chi connectivity index (χ0n) is 15.9. The Morgan fingerprint density at radius 3 is 2.85 bits per heavy atom. The summed E-state index contributed by atoms with van der Waals surface area (Å²) in [5, 5.41) is 0. The minimum atomic E-state index is 0.141. The molecule has 5 rings (SSSR count). The van der Waals surface area contributed by atoms with Gasteiger partial charge in [-0.3, -0.25) is 9.69 Å². The van der Waals surface area contributed by atoms with Gasteiger partial charge < -0.3 is 19.1 Å². The molecule has 1 unspecified atom stereocenters. The monoisotopic (exact) mass is 369 g/mol. The highest BCUT2D eigenvalue weighted by atomic mass is 16.5. The van der Waals surface area contributed by atoms with Crippen molar-refractivity contribution < 1.29 is 9.53 Å². The lowest BCUT2D eigenvalue weighted by atomic mass is 10.1. The average molecular weight is 369 g/mol. The van der Waals surface area contributed by atoms with Gasteiger partial charge in [0.1, 0.15) is 0 Å². The molecule has 0 spiro atoms. The summed E-state index contributed by atoms with van der Waals surface area (Å²) in [6, 6.07) is 6.50. The molecule has 0 radical (unpaired) electrons. The quantitative estimate of drug-likeness (QED) is 0.799. The highest BCUT2D eigenvalue weighted by Crippen LogP contribution is 2.25. The predicted molar refractivity (Wildman–Crippen MR) is 104 cm³/mol. The van der Waals surface area contributed by atoms with Crippen LogP contribution in [-0.4, -0.2) is 83.8 Å². The van der Waals surface area contributed by atoms with E-state index in [4.69, 9.17) is 9.72 Å². The maximum atomic E-state index is 13.1. The number of carbonyl (C=O) groups is 1. The Labute approximate surface area is 159 Å². The van der Waals surface area contributed by atoms with Crippen LogP contribution in [0.5, 0.6) is 0 Å². The van der Waals surface area contributed by atoms with E-state index in [1.54, 1.807) is 0 Å². The van der Waals surface area contributed by atoms with Crippen LogP contribution < -0.4 is 4.90 Å². The van der Waals surface area contributed by atoms with Crippen molar-refractivity contribution >= 4 is 22.9 Å². The van der Waals surface area contributed by atoms with Gasteiger partial charge in [-0.2, -0.15) is 0 Å². The Balaban J connectivity index is 1.40. The number of hydrogen-bond acceptors (Lipinski definition) is 5. The van der Waals surface area contributed by atoms with Gasteiger partial charge in [-0.05, 0) is 37.6 Å². The number of fused-ring (bicyclic) bond motifs is 2. The van der Waals surface area contributed by atoms with Gasteiger partial charge in [-0.1, -0.05) is 0 Å². The van der Waals surface area contributed by atoms with Gasteiger partial charge >= 0.3 is 0 Å². The van der Waals surface area contributed by atoms with E-state index in [0.717, 1.165) is 68.5 Å². The minimum Gasteiger partial charge on any atom is -0.378 e. The van der Waals surface area contributed by atoms with Crippen LogP contribution in [0, 0.1) is 0 Å². The fourth-order valence-corrected chi connectivity index (χ4v) is 4.72. The lowest BCUT2D eigenvalue weighted by Gasteiger charge is -2.37. The number of aromatic nitrogens is 2. The summed E-state index contributed by atoms with van der Waals surface area (Å²) in [5.41, 5.74) is 2.71. The van der Waals surface area contributed by atoms with E-state index < -0.39 is 0 Å². The van der Waals surface area contributed by atoms with Crippen molar-refractivity contribution in [2.45, 2.75) is 18.9 Å². The fourth-order valence-electron chi connectivity index (χ4n) is 4.72. The normalized spacial score (nSPS) is 23.8. The summed E-state index contributed by atoms with van der Waals surface area (Å²) in [5.74, 6) is 1.10. The molecule has 0 bridgehead atoms. The molecule has 0 aliphatic carbocycles. The standard InChI is InChI=1S/C20H27N5O2/c1-22-18-5-4-15(13-17(18)21-20(22)24-9-11-27-12-10-24)19(26)25-8-7-23-6-2-3-16(23)14-25/h4-5,13,16H,2-3,6-12,14H2,1H3. The molecule has 1 amide bonds. The van der Waals surface area contributed by atoms with Crippen molar-refractivity contribution in [2.24, 2.45) is 7.05 Å². The van der Waals surface area contributed by atoms with Crippen LogP contribution in [0.3, 0.4) is 0 Å². The average Bonchev–Trinajstić information content (AvgIpc) is 3.31. The number of ether oxygens (including phenoxy) is 1. The molecule has 7 nitrogen and oxygen atoms in total. The Hall–Kier alpha value is -2.12. The summed E-state index contributed by atoms with van der Waals surface area (Å²) in [4.78, 5) is 24.7. The van der Waals surface area contributed by atoms with Crippen molar-refractivity contribution in [3.63, 3.8) is 0 Å². The molecular formula is C20H27N5O2. The SMILES string of the molecule is Cn1c(N2CCOCC2)nc2cc(C(=O)N3CCN4CCCC4C3)ccc21. The number of imidazole rings is 1. The summed E-state index contributed by atoms with van der Waals surface area (Å²) in [6.45, 7) is 7.07. The van der Waals surface area contributed by atoms with E-state index in [1.807, 2.05) is 30.1 Å². The molecule has 3 saturated heterocycles. The molecule has 2 aromatic rings. The summed E-state index contributed by atoms with van der Waals surface area (Å²) in [6.07, 6.45) is 2.48. The Bertz CT molecular complexity index is 857. The van der Waals surface area contributed by atoms with Crippen LogP contribution >= 0.6 is 0 Å². The number of piperazine rings is 1. The van der Waals surface area contributed by atoms with E-state index >= 15 is 0 Å². The highest BCUT2D eigenvalue weighted by Gasteiger charge is 2.33. The van der Waals surface area contributed by atoms with Gasteiger partial charge in [0.15, 0.2) is 0 Å². The van der Waals surface area contributed by atoms with E-state index in [1.165, 1.54) is 19.4 Å². The summed E-state index contributed by atoms with van der Waals surface area (Å²) >= 11 is 0. The van der Waals surface area contributed by atoms with Crippen LogP contribution in [0.4, 0.5) is 5.95 Å². The van der Waals surface area contributed by atoms with E-state index in [-0.39, 0.29) is 5.91 Å². The first-order valence-corrected chi connectivity index (χ1v) is 10.0. The van der Waals surface area contributed by atoms with Crippen molar-refractivity contribution in [1.82, 2.24) is 19.4 Å². The lowest BCUT2D eigenvalue weighted by Crippen LogP contribution is -2.52. The summed E-state index contributed by atoms with van der Waals surface area (Å²) < 4.78 is 7.57. The van der Waals surface area contributed by atoms with Crippen LogP contribution in [-0.2, 0) is 11.8 Å². The molecule has 1 atom stereocenters. The molecule has 4 heterocycles. The zero-order valence-corrected chi connectivity index (χ0v) is 15.9. The van der Waals surface area contributed by atoms with E-state index in [9.17, 15) is 4.79 Å². The first-order chi connectivity index (χ1) is 13.2. The Kier molecular flexibility index (Phi) is 4.28. The summed E-state index contributed by atoms with van der Waals surface area (Å²) in [7, 11) is 2.04. The zero-order chi connectivity index (χ0) is 18.4. The molecule has 27 heavy (non-hydrogen) atoms. The van der Waals surface area contributed by atoms with Gasteiger partial charge in [0, 0.05) is 51.4 Å². The number of nitrogens with zero attached hydrogens (tertiary/aromatic N) is 5. The number of hydrogen-bond donors (Lipinski definition) is 0. The molecule has 1 aromatic heterocycles. The maximum Gasteiger partial charge on any atom is 0.254 e. The van der Waals surface area contributed by atoms with E-state index in [0.29, 0.717) is 6.04 Å². The lowest BCUT2D eigenvalue weighted by molar-refractivity contribution is 0.0571. The highest BCUT2D eigenvalue weighted by molar-refractivity contribution is 5.97. The number of aryl methyl sites for hydroxylation is 1. The molecule has 1 aromatic carbocycles. The number of carbonyl (C=O) groups excluding carboxylic acids is 1. The third kappa shape index (κ3) is 2.99. The van der Waals surface area contributed by atoms with Crippen LogP contribution in [0.1, 0.15) is 23.2 Å². The van der Waals surface area contributed by atoms with Gasteiger partial charge in [-0.15, -0.1) is 0 Å². The van der Waals surface area contributed by atoms with Gasteiger partial charge in [0.05, 0.1) is 24.2 Å². The number of amides is 1. The number of benzene rings is 1. The second-order valence-electron chi connectivity index (χ2n) is 7.86. The largest absolute Gasteiger partial charge is 0.378 e. The third-order valence-corrected chi connectivity index (χ3v) is 6.27. The molecule has 144 valence electrons. The number of anilines is 1. The van der Waals surface area contributed by atoms with Gasteiger partial charge in [0.2, 0.25) is 5.95 Å². The minimum absolute atomic E-state index is 0.141. The maximum absolute atomic E-state index is 13.1. The number of morpholine rings is 1. The second kappa shape index (κ2) is 6.80. The van der Waals surface area contributed by atoms with Crippen molar-refractivity contribution in [2.75, 3.05) is 57.4 Å². The van der Waals surface area contributed by atoms with Gasteiger partial charge in [0.25, 0.3) is 5.91 Å². The molecule has 3 fully saturated rings. The third-order valence-electron chi connectivity index (χ3n) is 6.27. The van der Waals surface area contributed by atoms with E-state index in [2.05, 4.69) is 14.4 Å². The smallest absolute Gasteiger partial charge is 0.254 e. The van der Waals surface area contributed by atoms with Crippen molar-refractivity contribution in [1.29, 1.82) is 0 Å². The molecular weight excluding hydrogens is 342 g/mol. The van der Waals surface area contributed by atoms with Gasteiger partial charge in [-0.25, -0.2) is 4.98 Å². The molecule has 0 N–H and O–H groups in total. The first-order valence-electron chi connectivity index (χ1n) is 10.0. The van der Waals surface area contributed by atoms with Crippen LogP contribution in [0.15, 0.2) is 18.2 Å².